The number of esters is 1. The predicted octanol–water partition coefficient (Wildman–Crippen LogP) is 3.29. The van der Waals surface area contributed by atoms with Crippen LogP contribution in [-0.2, 0) is 22.5 Å². The van der Waals surface area contributed by atoms with Crippen LogP contribution in [0, 0.1) is 0 Å². The van der Waals surface area contributed by atoms with Gasteiger partial charge >= 0.3 is 5.97 Å². The predicted molar refractivity (Wildman–Crippen MR) is 88.5 cm³/mol. The summed E-state index contributed by atoms with van der Waals surface area (Å²) in [5.41, 5.74) is 1.59. The lowest BCUT2D eigenvalue weighted by molar-refractivity contribution is -0.153. The molecule has 1 atom stereocenters. The number of ether oxygens (including phenoxy) is 1. The second-order valence-corrected chi connectivity index (χ2v) is 5.77. The second-order valence-electron chi connectivity index (χ2n) is 5.77. The topological polar surface area (TPSA) is 29.5 Å². The van der Waals surface area contributed by atoms with Crippen LogP contribution in [0.3, 0.4) is 0 Å². The van der Waals surface area contributed by atoms with Crippen molar-refractivity contribution in [3.8, 4) is 0 Å². The third-order valence-corrected chi connectivity index (χ3v) is 4.12. The molecule has 3 heteroatoms. The average molecular weight is 297 g/mol. The maximum atomic E-state index is 12.4. The molecular weight excluding hydrogens is 274 g/mol. The van der Waals surface area contributed by atoms with Gasteiger partial charge in [-0.2, -0.15) is 0 Å². The number of carbonyl (C=O) groups is 1. The van der Waals surface area contributed by atoms with Crippen LogP contribution in [0.25, 0.3) is 0 Å². The number of carbonyl (C=O) groups excluding carboxylic acids is 1. The molecule has 0 saturated heterocycles. The highest BCUT2D eigenvalue weighted by molar-refractivity contribution is 5.80. The minimum atomic E-state index is -0.702. The quantitative estimate of drug-likeness (QED) is 0.766. The van der Waals surface area contributed by atoms with Gasteiger partial charge in [-0.05, 0) is 25.1 Å². The maximum Gasteiger partial charge on any atom is 0.326 e. The zero-order valence-electron chi connectivity index (χ0n) is 13.5. The van der Waals surface area contributed by atoms with E-state index in [4.69, 9.17) is 4.74 Å². The number of hydrogen-bond donors (Lipinski definition) is 0. The van der Waals surface area contributed by atoms with Crippen LogP contribution in [0.2, 0.25) is 0 Å². The van der Waals surface area contributed by atoms with E-state index in [9.17, 15) is 4.79 Å². The molecule has 0 bridgehead atoms. The summed E-state index contributed by atoms with van der Waals surface area (Å²) in [4.78, 5) is 14.5. The molecule has 3 nitrogen and oxygen atoms in total. The molecule has 0 aliphatic carbocycles. The lowest BCUT2D eigenvalue weighted by Gasteiger charge is -2.36. The molecule has 2 aromatic rings. The second kappa shape index (κ2) is 7.23. The molecule has 0 saturated carbocycles. The van der Waals surface area contributed by atoms with Crippen LogP contribution in [0.5, 0.6) is 0 Å². The molecule has 2 aromatic carbocycles. The largest absolute Gasteiger partial charge is 0.468 e. The van der Waals surface area contributed by atoms with Crippen molar-refractivity contribution in [3.05, 3.63) is 71.8 Å². The van der Waals surface area contributed by atoms with E-state index in [2.05, 4.69) is 17.0 Å². The first kappa shape index (κ1) is 16.2. The number of benzene rings is 2. The highest BCUT2D eigenvalue weighted by Gasteiger charge is 2.38. The van der Waals surface area contributed by atoms with Gasteiger partial charge in [-0.25, -0.2) is 0 Å². The van der Waals surface area contributed by atoms with Gasteiger partial charge in [0.25, 0.3) is 0 Å². The Bertz CT molecular complexity index is 597. The highest BCUT2D eigenvalue weighted by Crippen LogP contribution is 2.23. The summed E-state index contributed by atoms with van der Waals surface area (Å²) in [5, 5.41) is 0. The van der Waals surface area contributed by atoms with Crippen LogP contribution >= 0.6 is 0 Å². The van der Waals surface area contributed by atoms with Crippen molar-refractivity contribution in [1.29, 1.82) is 0 Å². The van der Waals surface area contributed by atoms with Crippen LogP contribution in [0.4, 0.5) is 0 Å². The Labute approximate surface area is 132 Å². The van der Waals surface area contributed by atoms with Crippen molar-refractivity contribution >= 4 is 5.97 Å². The minimum Gasteiger partial charge on any atom is -0.468 e. The van der Waals surface area contributed by atoms with E-state index in [1.807, 2.05) is 62.5 Å². The van der Waals surface area contributed by atoms with Crippen molar-refractivity contribution in [3.63, 3.8) is 0 Å². The monoisotopic (exact) mass is 297 g/mol. The van der Waals surface area contributed by atoms with E-state index in [0.29, 0.717) is 13.0 Å². The van der Waals surface area contributed by atoms with E-state index < -0.39 is 5.54 Å². The molecular formula is C19H23NO2. The van der Waals surface area contributed by atoms with Crippen molar-refractivity contribution in [2.45, 2.75) is 25.4 Å². The van der Waals surface area contributed by atoms with Gasteiger partial charge in [-0.3, -0.25) is 9.69 Å². The summed E-state index contributed by atoms with van der Waals surface area (Å²) in [6, 6.07) is 20.2. The van der Waals surface area contributed by atoms with Gasteiger partial charge in [-0.1, -0.05) is 60.7 Å². The number of nitrogens with zero attached hydrogens (tertiary/aromatic N) is 1. The molecule has 0 spiro atoms. The zero-order valence-corrected chi connectivity index (χ0v) is 13.5. The Morgan fingerprint density at radius 2 is 1.50 bits per heavy atom. The van der Waals surface area contributed by atoms with Crippen LogP contribution < -0.4 is 0 Å². The third kappa shape index (κ3) is 3.74. The van der Waals surface area contributed by atoms with Gasteiger partial charge in [-0.15, -0.1) is 0 Å². The Morgan fingerprint density at radius 3 is 2.00 bits per heavy atom. The normalized spacial score (nSPS) is 13.6. The lowest BCUT2D eigenvalue weighted by atomic mass is 9.90. The SMILES string of the molecule is COC(=O)[C@](C)(Cc1ccccc1)N(C)Cc1ccccc1. The smallest absolute Gasteiger partial charge is 0.326 e. The molecule has 0 aromatic heterocycles. The number of methoxy groups -OCH3 is 1. The Morgan fingerprint density at radius 1 is 1.00 bits per heavy atom. The van der Waals surface area contributed by atoms with E-state index in [1.165, 1.54) is 12.7 Å². The number of likely N-dealkylation sites (N-methyl/N-ethyl adjacent to an activating group) is 1. The first-order chi connectivity index (χ1) is 10.6. The molecule has 2 rings (SSSR count). The molecule has 0 unspecified atom stereocenters. The zero-order chi connectivity index (χ0) is 16.0. The molecule has 116 valence electrons. The summed E-state index contributed by atoms with van der Waals surface area (Å²) < 4.78 is 5.07. The minimum absolute atomic E-state index is 0.213. The van der Waals surface area contributed by atoms with Gasteiger partial charge in [0.1, 0.15) is 5.54 Å². The molecule has 0 amide bonds. The van der Waals surface area contributed by atoms with Crippen molar-refractivity contribution in [1.82, 2.24) is 4.90 Å². The fraction of sp³-hybridized carbons (Fsp3) is 0.316. The number of hydrogen-bond acceptors (Lipinski definition) is 3. The van der Waals surface area contributed by atoms with E-state index in [-0.39, 0.29) is 5.97 Å². The third-order valence-electron chi connectivity index (χ3n) is 4.12. The highest BCUT2D eigenvalue weighted by atomic mass is 16.5. The van der Waals surface area contributed by atoms with Gasteiger partial charge in [0.15, 0.2) is 0 Å². The van der Waals surface area contributed by atoms with Gasteiger partial charge in [0, 0.05) is 13.0 Å². The molecule has 22 heavy (non-hydrogen) atoms. The van der Waals surface area contributed by atoms with Gasteiger partial charge in [0.2, 0.25) is 0 Å². The molecule has 0 fully saturated rings. The summed E-state index contributed by atoms with van der Waals surface area (Å²) in [5.74, 6) is -0.213. The first-order valence-electron chi connectivity index (χ1n) is 7.44. The van der Waals surface area contributed by atoms with E-state index in [0.717, 1.165) is 5.56 Å². The Kier molecular flexibility index (Phi) is 5.34. The van der Waals surface area contributed by atoms with Crippen molar-refractivity contribution in [2.24, 2.45) is 0 Å². The van der Waals surface area contributed by atoms with Gasteiger partial charge < -0.3 is 4.74 Å². The van der Waals surface area contributed by atoms with Crippen molar-refractivity contribution in [2.75, 3.05) is 14.2 Å². The number of rotatable bonds is 6. The van der Waals surface area contributed by atoms with Crippen LogP contribution in [0.1, 0.15) is 18.1 Å². The van der Waals surface area contributed by atoms with E-state index in [1.54, 1.807) is 0 Å². The lowest BCUT2D eigenvalue weighted by Crippen LogP contribution is -2.52. The average Bonchev–Trinajstić information content (AvgIpc) is 2.55. The van der Waals surface area contributed by atoms with Gasteiger partial charge in [0.05, 0.1) is 7.11 Å². The maximum absolute atomic E-state index is 12.4. The molecule has 0 aliphatic heterocycles. The Hall–Kier alpha value is -2.13. The summed E-state index contributed by atoms with van der Waals surface area (Å²) in [7, 11) is 3.41. The van der Waals surface area contributed by atoms with E-state index >= 15 is 0 Å². The summed E-state index contributed by atoms with van der Waals surface area (Å²) in [6.45, 7) is 2.63. The Balaban J connectivity index is 2.22. The van der Waals surface area contributed by atoms with Crippen LogP contribution in [-0.4, -0.2) is 30.6 Å². The molecule has 0 aliphatic rings. The van der Waals surface area contributed by atoms with Crippen molar-refractivity contribution < 1.29 is 9.53 Å². The first-order valence-corrected chi connectivity index (χ1v) is 7.44. The summed E-state index contributed by atoms with van der Waals surface area (Å²) in [6.07, 6.45) is 0.615. The van der Waals surface area contributed by atoms with Crippen LogP contribution in [0.15, 0.2) is 60.7 Å². The molecule has 0 N–H and O–H groups in total. The fourth-order valence-electron chi connectivity index (χ4n) is 2.61. The summed E-state index contributed by atoms with van der Waals surface area (Å²) >= 11 is 0. The fourth-order valence-corrected chi connectivity index (χ4v) is 2.61. The molecule has 0 heterocycles. The molecule has 0 radical (unpaired) electrons. The standard InChI is InChI=1S/C19H23NO2/c1-19(18(21)22-3,14-16-10-6-4-7-11-16)20(2)15-17-12-8-5-9-13-17/h4-13H,14-15H2,1-3H3/t19-/m0/s1.